The molecular weight excluding hydrogens is 390 g/mol. The van der Waals surface area contributed by atoms with Crippen molar-refractivity contribution in [1.82, 2.24) is 15.5 Å². The minimum Gasteiger partial charge on any atom is -0.434 e. The summed E-state index contributed by atoms with van der Waals surface area (Å²) in [5.74, 6) is 1.21. The van der Waals surface area contributed by atoms with Gasteiger partial charge < -0.3 is 20.3 Å². The summed E-state index contributed by atoms with van der Waals surface area (Å²) in [7, 11) is 1.65. The highest BCUT2D eigenvalue weighted by Crippen LogP contribution is 2.26. The van der Waals surface area contributed by atoms with Gasteiger partial charge in [-0.3, -0.25) is 4.79 Å². The number of hydrogen-bond acceptors (Lipinski definition) is 3. The lowest BCUT2D eigenvalue weighted by Crippen LogP contribution is -2.46. The quantitative estimate of drug-likeness (QED) is 0.529. The summed E-state index contributed by atoms with van der Waals surface area (Å²) in [6.45, 7) is 1.48. The number of rotatable bonds is 7. The Labute approximate surface area is 169 Å². The highest BCUT2D eigenvalue weighted by atomic mass is 35.5. The Bertz CT molecular complexity index is 680. The lowest BCUT2D eigenvalue weighted by Gasteiger charge is -2.34. The monoisotopic (exact) mass is 416 g/mol. The van der Waals surface area contributed by atoms with Crippen molar-refractivity contribution < 1.29 is 18.3 Å². The molecule has 6 nitrogen and oxygen atoms in total. The average molecular weight is 417 g/mol. The number of nitrogens with one attached hydrogen (secondary N) is 2. The minimum absolute atomic E-state index is 0.0616. The largest absolute Gasteiger partial charge is 0.434 e. The van der Waals surface area contributed by atoms with E-state index in [9.17, 15) is 13.6 Å². The molecular formula is C19H27ClF2N4O2. The Balaban J connectivity index is 2.05. The molecule has 9 heteroatoms. The zero-order valence-electron chi connectivity index (χ0n) is 16.2. The molecule has 2 N–H and O–H groups in total. The van der Waals surface area contributed by atoms with Crippen LogP contribution in [0, 0.1) is 5.92 Å². The second-order valence-electron chi connectivity index (χ2n) is 6.61. The van der Waals surface area contributed by atoms with Crippen molar-refractivity contribution in [2.45, 2.75) is 39.3 Å². The maximum atomic E-state index is 12.6. The van der Waals surface area contributed by atoms with Crippen LogP contribution in [0.2, 0.25) is 5.02 Å². The third-order valence-electron chi connectivity index (χ3n) is 4.64. The Morgan fingerprint density at radius 1 is 1.39 bits per heavy atom. The molecule has 0 aromatic heterocycles. The molecule has 1 fully saturated rings. The van der Waals surface area contributed by atoms with Crippen LogP contribution >= 0.6 is 11.6 Å². The summed E-state index contributed by atoms with van der Waals surface area (Å²) in [6.07, 6.45) is 2.33. The molecule has 1 aliphatic heterocycles. The number of alkyl halides is 2. The highest BCUT2D eigenvalue weighted by Gasteiger charge is 2.23. The van der Waals surface area contributed by atoms with Gasteiger partial charge in [-0.15, -0.1) is 0 Å². The van der Waals surface area contributed by atoms with Crippen LogP contribution in [0.1, 0.15) is 31.7 Å². The van der Waals surface area contributed by atoms with E-state index in [1.165, 1.54) is 12.1 Å². The summed E-state index contributed by atoms with van der Waals surface area (Å²) in [6, 6.07) is 4.52. The fourth-order valence-electron chi connectivity index (χ4n) is 3.18. The number of hydrogen-bond donors (Lipinski definition) is 2. The van der Waals surface area contributed by atoms with Crippen molar-refractivity contribution >= 4 is 23.5 Å². The van der Waals surface area contributed by atoms with Gasteiger partial charge in [0.1, 0.15) is 5.75 Å². The fraction of sp³-hybridized carbons (Fsp3) is 0.579. The van der Waals surface area contributed by atoms with Gasteiger partial charge in [0.15, 0.2) is 5.96 Å². The molecule has 0 radical (unpaired) electrons. The first kappa shape index (κ1) is 22.2. The Morgan fingerprint density at radius 2 is 2.11 bits per heavy atom. The standard InChI is InChI=1S/C19H27ClF2N4O2/c1-3-24-19(26-8-6-13(7-9-26)10-17(27)23-2)25-12-14-11-15(20)4-5-16(14)28-18(21)22/h4-5,11,13,18H,3,6-10,12H2,1-2H3,(H,23,27)(H,24,25). The first-order valence-electron chi connectivity index (χ1n) is 9.40. The summed E-state index contributed by atoms with van der Waals surface area (Å²) >= 11 is 6.00. The van der Waals surface area contributed by atoms with Crippen LogP contribution < -0.4 is 15.4 Å². The van der Waals surface area contributed by atoms with Crippen molar-refractivity contribution in [3.63, 3.8) is 0 Å². The number of benzene rings is 1. The molecule has 1 heterocycles. The molecule has 0 saturated carbocycles. The van der Waals surface area contributed by atoms with Gasteiger partial charge in [0.05, 0.1) is 6.54 Å². The lowest BCUT2D eigenvalue weighted by molar-refractivity contribution is -0.121. The minimum atomic E-state index is -2.91. The van der Waals surface area contributed by atoms with Crippen LogP contribution in [0.3, 0.4) is 0 Å². The normalized spacial score (nSPS) is 15.6. The average Bonchev–Trinajstić information content (AvgIpc) is 2.67. The molecule has 0 bridgehead atoms. The van der Waals surface area contributed by atoms with Gasteiger partial charge in [-0.05, 0) is 43.9 Å². The fourth-order valence-corrected chi connectivity index (χ4v) is 3.38. The van der Waals surface area contributed by atoms with E-state index >= 15 is 0 Å². The van der Waals surface area contributed by atoms with Crippen molar-refractivity contribution in [3.05, 3.63) is 28.8 Å². The summed E-state index contributed by atoms with van der Waals surface area (Å²) in [5, 5.41) is 6.34. The van der Waals surface area contributed by atoms with Crippen molar-refractivity contribution in [2.24, 2.45) is 10.9 Å². The van der Waals surface area contributed by atoms with Crippen molar-refractivity contribution in [2.75, 3.05) is 26.7 Å². The zero-order chi connectivity index (χ0) is 20.5. The molecule has 0 spiro atoms. The summed E-state index contributed by atoms with van der Waals surface area (Å²) < 4.78 is 29.8. The second-order valence-corrected chi connectivity index (χ2v) is 7.04. The zero-order valence-corrected chi connectivity index (χ0v) is 16.9. The van der Waals surface area contributed by atoms with Gasteiger partial charge in [-0.25, -0.2) is 4.99 Å². The molecule has 1 saturated heterocycles. The maximum absolute atomic E-state index is 12.6. The van der Waals surface area contributed by atoms with Gasteiger partial charge >= 0.3 is 6.61 Å². The highest BCUT2D eigenvalue weighted by molar-refractivity contribution is 6.30. The Kier molecular flexibility index (Phi) is 8.76. The SMILES string of the molecule is CCNC(=NCc1cc(Cl)ccc1OC(F)F)N1CCC(CC(=O)NC)CC1. The Morgan fingerprint density at radius 3 is 2.71 bits per heavy atom. The first-order valence-corrected chi connectivity index (χ1v) is 9.77. The molecule has 28 heavy (non-hydrogen) atoms. The molecule has 0 aliphatic carbocycles. The number of guanidine groups is 1. The first-order chi connectivity index (χ1) is 13.4. The molecule has 1 amide bonds. The van der Waals surface area contributed by atoms with E-state index in [1.807, 2.05) is 6.92 Å². The molecule has 156 valence electrons. The number of likely N-dealkylation sites (tertiary alicyclic amines) is 1. The number of carbonyl (C=O) groups is 1. The van der Waals surface area contributed by atoms with Crippen molar-refractivity contribution in [1.29, 1.82) is 0 Å². The number of carbonyl (C=O) groups excluding carboxylic acids is 1. The van der Waals surface area contributed by atoms with E-state index in [0.29, 0.717) is 35.4 Å². The smallest absolute Gasteiger partial charge is 0.387 e. The van der Waals surface area contributed by atoms with Crippen LogP contribution in [-0.2, 0) is 11.3 Å². The van der Waals surface area contributed by atoms with Gasteiger partial charge in [-0.1, -0.05) is 11.6 Å². The molecule has 1 aromatic rings. The molecule has 0 atom stereocenters. The molecule has 1 aliphatic rings. The van der Waals surface area contributed by atoms with E-state index in [0.717, 1.165) is 25.9 Å². The van der Waals surface area contributed by atoms with Crippen LogP contribution in [0.5, 0.6) is 5.75 Å². The third-order valence-corrected chi connectivity index (χ3v) is 4.87. The Hall–Kier alpha value is -2.09. The predicted molar refractivity (Wildman–Crippen MR) is 106 cm³/mol. The van der Waals surface area contributed by atoms with Gasteiger partial charge in [-0.2, -0.15) is 8.78 Å². The van der Waals surface area contributed by atoms with Crippen LogP contribution in [0.15, 0.2) is 23.2 Å². The van der Waals surface area contributed by atoms with E-state index in [1.54, 1.807) is 13.1 Å². The number of amides is 1. The third kappa shape index (κ3) is 6.82. The molecule has 0 unspecified atom stereocenters. The van der Waals surface area contributed by atoms with Crippen molar-refractivity contribution in [3.8, 4) is 5.75 Å². The van der Waals surface area contributed by atoms with Crippen LogP contribution in [0.25, 0.3) is 0 Å². The molecule has 1 aromatic carbocycles. The number of halogens is 3. The van der Waals surface area contributed by atoms with Crippen LogP contribution in [-0.4, -0.2) is 50.1 Å². The predicted octanol–water partition coefficient (Wildman–Crippen LogP) is 3.26. The van der Waals surface area contributed by atoms with E-state index in [-0.39, 0.29) is 18.2 Å². The molecule has 2 rings (SSSR count). The van der Waals surface area contributed by atoms with E-state index in [4.69, 9.17) is 11.6 Å². The van der Waals surface area contributed by atoms with E-state index in [2.05, 4.69) is 25.3 Å². The van der Waals surface area contributed by atoms with E-state index < -0.39 is 6.61 Å². The van der Waals surface area contributed by atoms with Gasteiger partial charge in [0, 0.05) is 43.7 Å². The number of nitrogens with zero attached hydrogens (tertiary/aromatic N) is 2. The number of piperidine rings is 1. The maximum Gasteiger partial charge on any atom is 0.387 e. The number of ether oxygens (including phenoxy) is 1. The van der Waals surface area contributed by atoms with Gasteiger partial charge in [0.2, 0.25) is 5.91 Å². The second kappa shape index (κ2) is 11.0. The topological polar surface area (TPSA) is 66.0 Å². The summed E-state index contributed by atoms with van der Waals surface area (Å²) in [4.78, 5) is 18.3. The number of aliphatic imine (C=N–C) groups is 1. The van der Waals surface area contributed by atoms with Gasteiger partial charge in [0.25, 0.3) is 0 Å². The van der Waals surface area contributed by atoms with Crippen LogP contribution in [0.4, 0.5) is 8.78 Å². The summed E-state index contributed by atoms with van der Waals surface area (Å²) in [5.41, 5.74) is 0.498. The lowest BCUT2D eigenvalue weighted by atomic mass is 9.93.